The van der Waals surface area contributed by atoms with E-state index < -0.39 is 5.60 Å². The minimum Gasteiger partial charge on any atom is -0.495 e. The molecule has 1 aliphatic carbocycles. The van der Waals surface area contributed by atoms with Gasteiger partial charge in [-0.1, -0.05) is 30.3 Å². The topological polar surface area (TPSA) is 35.5 Å². The molecule has 1 saturated carbocycles. The summed E-state index contributed by atoms with van der Waals surface area (Å²) in [5.74, 6) is 2.37. The Hall–Kier alpha value is -1.81. The summed E-state index contributed by atoms with van der Waals surface area (Å²) >= 11 is 3.58. The van der Waals surface area contributed by atoms with Crippen LogP contribution in [0.1, 0.15) is 43.2 Å². The number of fused-ring (bicyclic) bond motifs is 3. The van der Waals surface area contributed by atoms with Gasteiger partial charge in [-0.3, -0.25) is 4.79 Å². The fourth-order valence-electron chi connectivity index (χ4n) is 4.42. The number of carbonyl (C=O) groups excluding carboxylic acids is 1. The predicted octanol–water partition coefficient (Wildman–Crippen LogP) is 5.22. The molecule has 2 aromatic rings. The fraction of sp³-hybridized carbons (Fsp3) is 0.381. The maximum atomic E-state index is 12.2. The van der Waals surface area contributed by atoms with Crippen molar-refractivity contribution in [3.05, 3.63) is 58.1 Å². The van der Waals surface area contributed by atoms with Crippen molar-refractivity contribution in [3.8, 4) is 11.5 Å². The van der Waals surface area contributed by atoms with Gasteiger partial charge >= 0.3 is 0 Å². The Morgan fingerprint density at radius 2 is 2.00 bits per heavy atom. The van der Waals surface area contributed by atoms with E-state index >= 15 is 0 Å². The van der Waals surface area contributed by atoms with Gasteiger partial charge in [0.25, 0.3) is 0 Å². The number of methoxy groups -OCH3 is 1. The van der Waals surface area contributed by atoms with E-state index in [0.29, 0.717) is 18.6 Å². The molecule has 130 valence electrons. The Kier molecular flexibility index (Phi) is 4.11. The smallest absolute Gasteiger partial charge is 0.136 e. The second-order valence-corrected chi connectivity index (χ2v) is 7.95. The molecule has 4 heteroatoms. The zero-order valence-corrected chi connectivity index (χ0v) is 16.0. The molecule has 1 aliphatic heterocycles. The van der Waals surface area contributed by atoms with Crippen LogP contribution in [0.5, 0.6) is 11.5 Å². The lowest BCUT2D eigenvalue weighted by molar-refractivity contribution is -0.125. The standard InChI is InChI=1S/C21H21BrO3/c1-21(13-6-4-3-5-7-13)17-9-8-14(23)10-15(17)16-11-18(22)20(24-2)12-19(16)25-21/h3-7,11-12,15,17H,8-10H2,1-2H3/t15-,17+,21-/m1/s1. The quantitative estimate of drug-likeness (QED) is 0.692. The summed E-state index contributed by atoms with van der Waals surface area (Å²) < 4.78 is 12.9. The Labute approximate surface area is 156 Å². The fourth-order valence-corrected chi connectivity index (χ4v) is 4.95. The molecule has 4 rings (SSSR count). The average Bonchev–Trinajstić information content (AvgIpc) is 2.63. The van der Waals surface area contributed by atoms with E-state index in [-0.39, 0.29) is 11.8 Å². The number of ether oxygens (including phenoxy) is 2. The van der Waals surface area contributed by atoms with Gasteiger partial charge in [0.2, 0.25) is 0 Å². The van der Waals surface area contributed by atoms with Gasteiger partial charge in [-0.05, 0) is 46.5 Å². The molecular formula is C21H21BrO3. The lowest BCUT2D eigenvalue weighted by Crippen LogP contribution is -2.47. The highest BCUT2D eigenvalue weighted by Gasteiger charge is 2.50. The molecule has 0 aromatic heterocycles. The number of halogens is 1. The van der Waals surface area contributed by atoms with Gasteiger partial charge in [0.1, 0.15) is 22.9 Å². The minimum atomic E-state index is -0.446. The number of ketones is 1. The third-order valence-electron chi connectivity index (χ3n) is 5.73. The monoisotopic (exact) mass is 400 g/mol. The largest absolute Gasteiger partial charge is 0.495 e. The molecule has 1 heterocycles. The Morgan fingerprint density at radius 3 is 2.72 bits per heavy atom. The van der Waals surface area contributed by atoms with E-state index in [1.807, 2.05) is 24.3 Å². The number of Topliss-reactive ketones (excluding diaryl/α,β-unsaturated/α-hetero) is 1. The van der Waals surface area contributed by atoms with Crippen molar-refractivity contribution in [2.45, 2.75) is 37.7 Å². The van der Waals surface area contributed by atoms with E-state index in [9.17, 15) is 4.79 Å². The molecule has 0 spiro atoms. The van der Waals surface area contributed by atoms with Gasteiger partial charge in [-0.2, -0.15) is 0 Å². The molecule has 0 radical (unpaired) electrons. The van der Waals surface area contributed by atoms with Crippen molar-refractivity contribution in [1.82, 2.24) is 0 Å². The molecule has 0 saturated heterocycles. The van der Waals surface area contributed by atoms with Crippen LogP contribution in [0.3, 0.4) is 0 Å². The second-order valence-electron chi connectivity index (χ2n) is 7.09. The van der Waals surface area contributed by atoms with Gasteiger partial charge < -0.3 is 9.47 Å². The lowest BCUT2D eigenvalue weighted by Gasteiger charge is -2.49. The first-order valence-corrected chi connectivity index (χ1v) is 9.46. The van der Waals surface area contributed by atoms with Gasteiger partial charge in [-0.25, -0.2) is 0 Å². The first-order valence-electron chi connectivity index (χ1n) is 8.66. The SMILES string of the molecule is COc1cc2c(cc1Br)[C@H]1CC(=O)CC[C@@H]1[C@@](C)(c1ccccc1)O2. The van der Waals surface area contributed by atoms with Crippen LogP contribution in [0.25, 0.3) is 0 Å². The number of hydrogen-bond acceptors (Lipinski definition) is 3. The van der Waals surface area contributed by atoms with Gasteiger partial charge in [0, 0.05) is 30.7 Å². The number of carbonyl (C=O) groups is 1. The van der Waals surface area contributed by atoms with Gasteiger partial charge in [0.15, 0.2) is 0 Å². The highest BCUT2D eigenvalue weighted by molar-refractivity contribution is 9.10. The first kappa shape index (κ1) is 16.6. The highest BCUT2D eigenvalue weighted by Crippen LogP contribution is 2.55. The normalized spacial score (nSPS) is 27.9. The molecule has 0 unspecified atom stereocenters. The van der Waals surface area contributed by atoms with Crippen molar-refractivity contribution >= 4 is 21.7 Å². The molecule has 2 aromatic carbocycles. The summed E-state index contributed by atoms with van der Waals surface area (Å²) in [6, 6.07) is 14.4. The van der Waals surface area contributed by atoms with Crippen LogP contribution in [0.2, 0.25) is 0 Å². The molecule has 0 N–H and O–H groups in total. The summed E-state index contributed by atoms with van der Waals surface area (Å²) in [4.78, 5) is 12.2. The number of benzene rings is 2. The van der Waals surface area contributed by atoms with Crippen LogP contribution in [0.15, 0.2) is 46.9 Å². The third-order valence-corrected chi connectivity index (χ3v) is 6.35. The van der Waals surface area contributed by atoms with Crippen LogP contribution >= 0.6 is 15.9 Å². The molecule has 1 fully saturated rings. The second kappa shape index (κ2) is 6.17. The predicted molar refractivity (Wildman–Crippen MR) is 100 cm³/mol. The summed E-state index contributed by atoms with van der Waals surface area (Å²) in [5.41, 5.74) is 1.82. The van der Waals surface area contributed by atoms with Crippen molar-refractivity contribution in [3.63, 3.8) is 0 Å². The maximum absolute atomic E-state index is 12.2. The molecule has 2 aliphatic rings. The van der Waals surface area contributed by atoms with Crippen molar-refractivity contribution in [1.29, 1.82) is 0 Å². The van der Waals surface area contributed by atoms with Crippen molar-refractivity contribution in [2.24, 2.45) is 5.92 Å². The first-order chi connectivity index (χ1) is 12.0. The molecular weight excluding hydrogens is 380 g/mol. The van der Waals surface area contributed by atoms with Crippen LogP contribution in [-0.2, 0) is 10.4 Å². The van der Waals surface area contributed by atoms with E-state index in [4.69, 9.17) is 9.47 Å². The Balaban J connectivity index is 1.88. The minimum absolute atomic E-state index is 0.178. The zero-order chi connectivity index (χ0) is 17.6. The van der Waals surface area contributed by atoms with Crippen molar-refractivity contribution in [2.75, 3.05) is 7.11 Å². The molecule has 3 atom stereocenters. The Bertz CT molecular complexity index is 817. The third kappa shape index (κ3) is 2.67. The molecule has 3 nitrogen and oxygen atoms in total. The highest BCUT2D eigenvalue weighted by atomic mass is 79.9. The average molecular weight is 401 g/mol. The van der Waals surface area contributed by atoms with Crippen LogP contribution in [0, 0.1) is 5.92 Å². The summed E-state index contributed by atoms with van der Waals surface area (Å²) in [5, 5.41) is 0. The molecule has 0 amide bonds. The van der Waals surface area contributed by atoms with E-state index in [2.05, 4.69) is 41.1 Å². The van der Waals surface area contributed by atoms with Crippen LogP contribution in [-0.4, -0.2) is 12.9 Å². The van der Waals surface area contributed by atoms with E-state index in [1.165, 1.54) is 0 Å². The van der Waals surface area contributed by atoms with Crippen LogP contribution in [0.4, 0.5) is 0 Å². The summed E-state index contributed by atoms with van der Waals surface area (Å²) in [6.45, 7) is 2.16. The zero-order valence-electron chi connectivity index (χ0n) is 14.4. The molecule has 0 bridgehead atoms. The summed E-state index contributed by atoms with van der Waals surface area (Å²) in [7, 11) is 1.65. The van der Waals surface area contributed by atoms with Crippen molar-refractivity contribution < 1.29 is 14.3 Å². The lowest BCUT2D eigenvalue weighted by atomic mass is 9.64. The number of rotatable bonds is 2. The maximum Gasteiger partial charge on any atom is 0.136 e. The molecule has 25 heavy (non-hydrogen) atoms. The van der Waals surface area contributed by atoms with Gasteiger partial charge in [0.05, 0.1) is 11.6 Å². The number of hydrogen-bond donors (Lipinski definition) is 0. The van der Waals surface area contributed by atoms with Gasteiger partial charge in [-0.15, -0.1) is 0 Å². The van der Waals surface area contributed by atoms with E-state index in [0.717, 1.165) is 33.5 Å². The van der Waals surface area contributed by atoms with E-state index in [1.54, 1.807) is 7.11 Å². The summed E-state index contributed by atoms with van der Waals surface area (Å²) in [6.07, 6.45) is 2.08. The van der Waals surface area contributed by atoms with Crippen LogP contribution < -0.4 is 9.47 Å². The Morgan fingerprint density at radius 1 is 1.24 bits per heavy atom.